The van der Waals surface area contributed by atoms with Gasteiger partial charge >= 0.3 is 6.09 Å². The summed E-state index contributed by atoms with van der Waals surface area (Å²) in [6.07, 6.45) is -0.480. The maximum absolute atomic E-state index is 13.5. The minimum atomic E-state index is -1.09. The number of benzene rings is 2. The van der Waals surface area contributed by atoms with Crippen LogP contribution in [0.5, 0.6) is 5.75 Å². The highest BCUT2D eigenvalue weighted by molar-refractivity contribution is 6.30. The van der Waals surface area contributed by atoms with Crippen LogP contribution >= 0.6 is 11.6 Å². The van der Waals surface area contributed by atoms with E-state index < -0.39 is 18.0 Å². The molecule has 0 saturated heterocycles. The lowest BCUT2D eigenvalue weighted by Gasteiger charge is -2.20. The van der Waals surface area contributed by atoms with E-state index in [1.54, 1.807) is 0 Å². The third-order valence-corrected chi connectivity index (χ3v) is 3.79. The highest BCUT2D eigenvalue weighted by Crippen LogP contribution is 2.31. The summed E-state index contributed by atoms with van der Waals surface area (Å²) in [7, 11) is 0. The van der Waals surface area contributed by atoms with Gasteiger partial charge in [0.1, 0.15) is 23.7 Å². The zero-order valence-electron chi connectivity index (χ0n) is 13.2. The molecule has 5 nitrogen and oxygen atoms in total. The van der Waals surface area contributed by atoms with E-state index in [-0.39, 0.29) is 22.9 Å². The van der Waals surface area contributed by atoms with E-state index in [1.807, 2.05) is 36.4 Å². The second kappa shape index (κ2) is 8.90. The van der Waals surface area contributed by atoms with Crippen molar-refractivity contribution in [1.82, 2.24) is 5.32 Å². The Kier molecular flexibility index (Phi) is 6.61. The van der Waals surface area contributed by atoms with Crippen molar-refractivity contribution in [2.45, 2.75) is 18.9 Å². The standard InChI is InChI=1S/C18H16ClFN2O3/c19-14-10-17(13(11-21)9-15(14)20)25-16(7-4-8-22-18(23)24)12-5-2-1-3-6-12/h1-3,5-6,9-10,16,22H,4,7-8H2,(H,23,24). The van der Waals surface area contributed by atoms with Crippen LogP contribution in [0.25, 0.3) is 0 Å². The van der Waals surface area contributed by atoms with Crippen molar-refractivity contribution in [3.05, 3.63) is 64.4 Å². The summed E-state index contributed by atoms with van der Waals surface area (Å²) in [6.45, 7) is 0.275. The molecule has 0 bridgehead atoms. The lowest BCUT2D eigenvalue weighted by Crippen LogP contribution is -2.22. The van der Waals surface area contributed by atoms with Crippen LogP contribution in [0.3, 0.4) is 0 Å². The van der Waals surface area contributed by atoms with Gasteiger partial charge in [-0.15, -0.1) is 0 Å². The van der Waals surface area contributed by atoms with E-state index in [0.717, 1.165) is 11.6 Å². The van der Waals surface area contributed by atoms with Gasteiger partial charge in [0.05, 0.1) is 10.6 Å². The number of amides is 1. The summed E-state index contributed by atoms with van der Waals surface area (Å²) >= 11 is 5.79. The van der Waals surface area contributed by atoms with E-state index in [2.05, 4.69) is 5.32 Å². The molecule has 1 amide bonds. The normalized spacial score (nSPS) is 11.4. The topological polar surface area (TPSA) is 82.3 Å². The molecule has 0 fully saturated rings. The van der Waals surface area contributed by atoms with E-state index in [4.69, 9.17) is 21.4 Å². The summed E-state index contributed by atoms with van der Waals surface area (Å²) in [5, 5.41) is 20.0. The van der Waals surface area contributed by atoms with Gasteiger partial charge in [-0.25, -0.2) is 9.18 Å². The molecule has 0 aliphatic carbocycles. The summed E-state index contributed by atoms with van der Waals surface area (Å²) < 4.78 is 19.4. The molecule has 0 aliphatic rings. The molecule has 0 aromatic heterocycles. The smallest absolute Gasteiger partial charge is 0.404 e. The van der Waals surface area contributed by atoms with Crippen LogP contribution in [0.1, 0.15) is 30.1 Å². The van der Waals surface area contributed by atoms with Gasteiger partial charge in [0.15, 0.2) is 0 Å². The van der Waals surface area contributed by atoms with Crippen molar-refractivity contribution in [2.75, 3.05) is 6.54 Å². The highest BCUT2D eigenvalue weighted by Gasteiger charge is 2.17. The number of carboxylic acid groups (broad SMARTS) is 1. The molecule has 2 N–H and O–H groups in total. The van der Waals surface area contributed by atoms with Gasteiger partial charge in [0.2, 0.25) is 0 Å². The molecular formula is C18H16ClFN2O3. The lowest BCUT2D eigenvalue weighted by atomic mass is 10.0. The van der Waals surface area contributed by atoms with E-state index in [0.29, 0.717) is 12.8 Å². The summed E-state index contributed by atoms with van der Waals surface area (Å²) in [4.78, 5) is 10.5. The van der Waals surface area contributed by atoms with Crippen molar-refractivity contribution in [2.24, 2.45) is 0 Å². The van der Waals surface area contributed by atoms with Crippen molar-refractivity contribution < 1.29 is 19.0 Å². The number of carbonyl (C=O) groups is 1. The Balaban J connectivity index is 2.20. The fourth-order valence-corrected chi connectivity index (χ4v) is 2.46. The molecule has 0 saturated carbocycles. The Hall–Kier alpha value is -2.78. The monoisotopic (exact) mass is 362 g/mol. The second-order valence-electron chi connectivity index (χ2n) is 5.27. The molecule has 0 spiro atoms. The number of hydrogen-bond donors (Lipinski definition) is 2. The number of rotatable bonds is 7. The molecule has 130 valence electrons. The third-order valence-electron chi connectivity index (χ3n) is 3.50. The minimum Gasteiger partial charge on any atom is -0.484 e. The summed E-state index contributed by atoms with van der Waals surface area (Å²) in [5.74, 6) is -0.499. The van der Waals surface area contributed by atoms with Gasteiger partial charge in [-0.05, 0) is 24.5 Å². The maximum atomic E-state index is 13.5. The van der Waals surface area contributed by atoms with Crippen LogP contribution in [-0.2, 0) is 0 Å². The van der Waals surface area contributed by atoms with Gasteiger partial charge in [-0.3, -0.25) is 0 Å². The van der Waals surface area contributed by atoms with Crippen LogP contribution in [0.4, 0.5) is 9.18 Å². The van der Waals surface area contributed by atoms with Crippen LogP contribution in [-0.4, -0.2) is 17.7 Å². The first-order valence-electron chi connectivity index (χ1n) is 7.58. The first-order chi connectivity index (χ1) is 12.0. The third kappa shape index (κ3) is 5.37. The van der Waals surface area contributed by atoms with Gasteiger partial charge in [0, 0.05) is 12.6 Å². The molecule has 0 radical (unpaired) electrons. The average Bonchev–Trinajstić information content (AvgIpc) is 2.60. The second-order valence-corrected chi connectivity index (χ2v) is 5.67. The van der Waals surface area contributed by atoms with E-state index >= 15 is 0 Å². The number of halogens is 2. The average molecular weight is 363 g/mol. The SMILES string of the molecule is N#Cc1cc(F)c(Cl)cc1OC(CCCNC(=O)O)c1ccccc1. The summed E-state index contributed by atoms with van der Waals surface area (Å²) in [6, 6.07) is 13.5. The predicted octanol–water partition coefficient (Wildman–Crippen LogP) is 4.52. The van der Waals surface area contributed by atoms with E-state index in [1.165, 1.54) is 6.07 Å². The van der Waals surface area contributed by atoms with Crippen LogP contribution in [0.2, 0.25) is 5.02 Å². The lowest BCUT2D eigenvalue weighted by molar-refractivity contribution is 0.183. The van der Waals surface area contributed by atoms with Crippen molar-refractivity contribution >= 4 is 17.7 Å². The number of nitrogens with one attached hydrogen (secondary N) is 1. The molecule has 7 heteroatoms. The zero-order chi connectivity index (χ0) is 18.2. The van der Waals surface area contributed by atoms with Gasteiger partial charge in [-0.1, -0.05) is 41.9 Å². The van der Waals surface area contributed by atoms with Gasteiger partial charge in [-0.2, -0.15) is 5.26 Å². The van der Waals surface area contributed by atoms with Gasteiger partial charge < -0.3 is 15.2 Å². The number of ether oxygens (including phenoxy) is 1. The van der Waals surface area contributed by atoms with Gasteiger partial charge in [0.25, 0.3) is 0 Å². The summed E-state index contributed by atoms with van der Waals surface area (Å²) in [5.41, 5.74) is 0.911. The molecule has 25 heavy (non-hydrogen) atoms. The number of nitriles is 1. The first kappa shape index (κ1) is 18.6. The molecule has 2 aromatic rings. The number of nitrogens with zero attached hydrogens (tertiary/aromatic N) is 1. The predicted molar refractivity (Wildman–Crippen MR) is 91.2 cm³/mol. The minimum absolute atomic E-state index is 0.0477. The first-order valence-corrected chi connectivity index (χ1v) is 7.96. The fraction of sp³-hybridized carbons (Fsp3) is 0.222. The molecule has 1 unspecified atom stereocenters. The molecule has 2 rings (SSSR count). The van der Waals surface area contributed by atoms with Crippen molar-refractivity contribution in [3.63, 3.8) is 0 Å². The van der Waals surface area contributed by atoms with Crippen LogP contribution < -0.4 is 10.1 Å². The maximum Gasteiger partial charge on any atom is 0.404 e. The number of hydrogen-bond acceptors (Lipinski definition) is 3. The molecular weight excluding hydrogens is 347 g/mol. The van der Waals surface area contributed by atoms with Crippen LogP contribution in [0, 0.1) is 17.1 Å². The molecule has 0 aliphatic heterocycles. The molecule has 1 atom stereocenters. The Morgan fingerprint density at radius 1 is 1.36 bits per heavy atom. The van der Waals surface area contributed by atoms with Crippen molar-refractivity contribution in [1.29, 1.82) is 5.26 Å². The van der Waals surface area contributed by atoms with Crippen LogP contribution in [0.15, 0.2) is 42.5 Å². The largest absolute Gasteiger partial charge is 0.484 e. The van der Waals surface area contributed by atoms with E-state index in [9.17, 15) is 14.4 Å². The zero-order valence-corrected chi connectivity index (χ0v) is 14.0. The highest BCUT2D eigenvalue weighted by atomic mass is 35.5. The van der Waals surface area contributed by atoms with Crippen molar-refractivity contribution in [3.8, 4) is 11.8 Å². The Bertz CT molecular complexity index is 778. The fourth-order valence-electron chi connectivity index (χ4n) is 2.31. The Morgan fingerprint density at radius 3 is 2.72 bits per heavy atom. The quantitative estimate of drug-likeness (QED) is 0.709. The Labute approximate surface area is 149 Å². The molecule has 2 aromatic carbocycles. The Morgan fingerprint density at radius 2 is 2.08 bits per heavy atom. The molecule has 0 heterocycles.